The van der Waals surface area contributed by atoms with E-state index in [4.69, 9.17) is 37.0 Å². The van der Waals surface area contributed by atoms with Crippen molar-refractivity contribution in [3.63, 3.8) is 0 Å². The predicted molar refractivity (Wildman–Crippen MR) is 423 cm³/mol. The van der Waals surface area contributed by atoms with E-state index >= 15 is 0 Å². The van der Waals surface area contributed by atoms with Crippen LogP contribution in [0.15, 0.2) is 0 Å². The summed E-state index contributed by atoms with van der Waals surface area (Å²) in [4.78, 5) is 73.2. The maximum Gasteiger partial charge on any atom is 0.472 e. The lowest BCUT2D eigenvalue weighted by Gasteiger charge is -2.21. The molecule has 0 saturated carbocycles. The highest BCUT2D eigenvalue weighted by Gasteiger charge is 2.30. The molecule has 0 aliphatic carbocycles. The first-order chi connectivity index (χ1) is 49.9. The van der Waals surface area contributed by atoms with Gasteiger partial charge in [0.2, 0.25) is 0 Å². The monoisotopic (exact) mass is 1510 g/mol. The van der Waals surface area contributed by atoms with Gasteiger partial charge in [-0.3, -0.25) is 37.3 Å². The Morgan fingerprint density at radius 3 is 0.738 bits per heavy atom. The van der Waals surface area contributed by atoms with Crippen molar-refractivity contribution in [3.05, 3.63) is 0 Å². The number of aliphatic hydroxyl groups is 1. The third kappa shape index (κ3) is 76.6. The van der Waals surface area contributed by atoms with E-state index in [1.807, 2.05) is 0 Å². The maximum atomic E-state index is 13.1. The average Bonchev–Trinajstić information content (AvgIpc) is 0.906. The molecule has 19 heteroatoms. The Hall–Kier alpha value is -1.94. The number of unbranched alkanes of at least 4 members (excludes halogenated alkanes) is 52. The number of esters is 4. The van der Waals surface area contributed by atoms with E-state index in [-0.39, 0.29) is 25.7 Å². The largest absolute Gasteiger partial charge is 0.472 e. The highest BCUT2D eigenvalue weighted by atomic mass is 31.2. The van der Waals surface area contributed by atoms with E-state index in [0.717, 1.165) is 102 Å². The van der Waals surface area contributed by atoms with Gasteiger partial charge in [-0.1, -0.05) is 395 Å². The molecule has 0 bridgehead atoms. The van der Waals surface area contributed by atoms with Gasteiger partial charge in [-0.2, -0.15) is 0 Å². The fourth-order valence-electron chi connectivity index (χ4n) is 13.0. The van der Waals surface area contributed by atoms with Gasteiger partial charge in [0.05, 0.1) is 26.4 Å². The summed E-state index contributed by atoms with van der Waals surface area (Å²) in [6.45, 7) is 9.74. The molecule has 0 aliphatic heterocycles. The van der Waals surface area contributed by atoms with Crippen molar-refractivity contribution in [2.24, 2.45) is 11.8 Å². The second kappa shape index (κ2) is 75.5. The number of phosphoric acid groups is 2. The summed E-state index contributed by atoms with van der Waals surface area (Å²) < 4.78 is 68.9. The molecule has 0 aliphatic rings. The number of ether oxygens (including phenoxy) is 4. The van der Waals surface area contributed by atoms with Crippen molar-refractivity contribution in [1.29, 1.82) is 0 Å². The number of phosphoric ester groups is 2. The zero-order valence-electron chi connectivity index (χ0n) is 67.6. The van der Waals surface area contributed by atoms with Gasteiger partial charge in [-0.25, -0.2) is 9.13 Å². The first kappa shape index (κ1) is 101. The molecule has 3 unspecified atom stereocenters. The van der Waals surface area contributed by atoms with Crippen LogP contribution in [0, 0.1) is 11.8 Å². The quantitative estimate of drug-likeness (QED) is 0.0222. The number of carbonyl (C=O) groups is 4. The third-order valence-corrected chi connectivity index (χ3v) is 22.0. The summed E-state index contributed by atoms with van der Waals surface area (Å²) in [7, 11) is -9.92. The molecule has 0 aromatic carbocycles. The molecule has 0 aromatic heterocycles. The molecule has 103 heavy (non-hydrogen) atoms. The lowest BCUT2D eigenvalue weighted by molar-refractivity contribution is -0.161. The lowest BCUT2D eigenvalue weighted by Crippen LogP contribution is -2.30. The topological polar surface area (TPSA) is 237 Å². The smallest absolute Gasteiger partial charge is 0.462 e. The van der Waals surface area contributed by atoms with Crippen LogP contribution in [-0.4, -0.2) is 96.7 Å². The molecule has 3 N–H and O–H groups in total. The van der Waals surface area contributed by atoms with Crippen LogP contribution in [0.25, 0.3) is 0 Å². The lowest BCUT2D eigenvalue weighted by atomic mass is 9.99. The van der Waals surface area contributed by atoms with Crippen LogP contribution in [-0.2, 0) is 65.4 Å². The van der Waals surface area contributed by atoms with E-state index in [2.05, 4.69) is 41.5 Å². The second-order valence-electron chi connectivity index (χ2n) is 30.9. The summed E-state index contributed by atoms with van der Waals surface area (Å²) >= 11 is 0. The summed E-state index contributed by atoms with van der Waals surface area (Å²) in [5.74, 6) is -0.449. The van der Waals surface area contributed by atoms with Crippen LogP contribution in [0.5, 0.6) is 0 Å². The molecular formula is C84H164O17P2. The molecule has 612 valence electrons. The fraction of sp³-hybridized carbons (Fsp3) is 0.952. The minimum absolute atomic E-state index is 0.108. The molecule has 0 amide bonds. The van der Waals surface area contributed by atoms with E-state index in [9.17, 15) is 43.2 Å². The Bertz CT molecular complexity index is 1980. The Kier molecular flexibility index (Phi) is 74.1. The fourth-order valence-corrected chi connectivity index (χ4v) is 14.6. The molecule has 0 radical (unpaired) electrons. The summed E-state index contributed by atoms with van der Waals surface area (Å²) in [6, 6.07) is 0. The Labute approximate surface area is 632 Å². The number of aliphatic hydroxyl groups excluding tert-OH is 1. The summed E-state index contributed by atoms with van der Waals surface area (Å²) in [5, 5.41) is 10.7. The average molecular weight is 1510 g/mol. The predicted octanol–water partition coefficient (Wildman–Crippen LogP) is 25.5. The third-order valence-electron chi connectivity index (χ3n) is 20.1. The van der Waals surface area contributed by atoms with Crippen molar-refractivity contribution in [3.8, 4) is 0 Å². The van der Waals surface area contributed by atoms with Crippen LogP contribution in [0.3, 0.4) is 0 Å². The first-order valence-electron chi connectivity index (χ1n) is 43.5. The number of hydrogen-bond donors (Lipinski definition) is 3. The Morgan fingerprint density at radius 2 is 0.495 bits per heavy atom. The van der Waals surface area contributed by atoms with Crippen molar-refractivity contribution in [2.75, 3.05) is 39.6 Å². The van der Waals surface area contributed by atoms with Gasteiger partial charge in [0.25, 0.3) is 0 Å². The van der Waals surface area contributed by atoms with Crippen LogP contribution in [0.4, 0.5) is 0 Å². The highest BCUT2D eigenvalue weighted by molar-refractivity contribution is 7.47. The molecule has 0 saturated heterocycles. The van der Waals surface area contributed by atoms with Gasteiger partial charge in [-0.15, -0.1) is 0 Å². The van der Waals surface area contributed by atoms with Gasteiger partial charge in [0.15, 0.2) is 12.2 Å². The molecular weight excluding hydrogens is 1340 g/mol. The highest BCUT2D eigenvalue weighted by Crippen LogP contribution is 2.45. The van der Waals surface area contributed by atoms with E-state index < -0.39 is 97.5 Å². The zero-order chi connectivity index (χ0) is 75.6. The van der Waals surface area contributed by atoms with Gasteiger partial charge in [-0.05, 0) is 37.5 Å². The molecule has 17 nitrogen and oxygen atoms in total. The summed E-state index contributed by atoms with van der Waals surface area (Å²) in [6.07, 6.45) is 66.4. The van der Waals surface area contributed by atoms with Gasteiger partial charge in [0.1, 0.15) is 19.3 Å². The maximum absolute atomic E-state index is 13.1. The number of carbonyl (C=O) groups excluding carboxylic acids is 4. The molecule has 6 atom stereocenters. The second-order valence-corrected chi connectivity index (χ2v) is 33.8. The zero-order valence-corrected chi connectivity index (χ0v) is 69.4. The summed E-state index contributed by atoms with van der Waals surface area (Å²) in [5.41, 5.74) is 0. The van der Waals surface area contributed by atoms with Gasteiger partial charge >= 0.3 is 39.5 Å². The van der Waals surface area contributed by atoms with Crippen LogP contribution in [0.2, 0.25) is 0 Å². The normalized spacial score (nSPS) is 14.1. The van der Waals surface area contributed by atoms with Gasteiger partial charge < -0.3 is 33.8 Å². The molecule has 0 aromatic rings. The van der Waals surface area contributed by atoms with Crippen molar-refractivity contribution >= 4 is 39.5 Å². The molecule has 0 rings (SSSR count). The van der Waals surface area contributed by atoms with Crippen LogP contribution >= 0.6 is 15.6 Å². The van der Waals surface area contributed by atoms with E-state index in [1.54, 1.807) is 0 Å². The Balaban J connectivity index is 5.25. The first-order valence-corrected chi connectivity index (χ1v) is 46.5. The standard InChI is InChI=1S/C84H164O17P2/c1-7-10-12-14-16-18-20-21-22-25-32-38-44-50-56-62-68-83(88)100-79(72-94-81(86)66-60-54-48-42-34-19-17-15-13-11-8-2)74-98-102(90,91)96-70-78(85)71-97-103(92,93)99-75-80(101-84(89)69-63-57-51-45-39-33-26-23-24-29-35-40-46-52-58-64-76(4)5)73-95-82(87)67-61-55-49-43-37-31-28-27-30-36-41-47-53-59-65-77(6)9-3/h76-80,85H,7-75H2,1-6H3,(H,90,91)(H,92,93)/t77?,78-,79+,80+/m0/s1. The van der Waals surface area contributed by atoms with Crippen LogP contribution in [0.1, 0.15) is 446 Å². The van der Waals surface area contributed by atoms with Crippen molar-refractivity contribution in [1.82, 2.24) is 0 Å². The van der Waals surface area contributed by atoms with Crippen LogP contribution < -0.4 is 0 Å². The Morgan fingerprint density at radius 1 is 0.282 bits per heavy atom. The van der Waals surface area contributed by atoms with Crippen molar-refractivity contribution < 1.29 is 80.2 Å². The molecule has 0 heterocycles. The van der Waals surface area contributed by atoms with Gasteiger partial charge in [0, 0.05) is 25.7 Å². The molecule has 0 fully saturated rings. The van der Waals surface area contributed by atoms with E-state index in [1.165, 1.54) is 263 Å². The molecule has 0 spiro atoms. The minimum atomic E-state index is -4.96. The minimum Gasteiger partial charge on any atom is -0.462 e. The van der Waals surface area contributed by atoms with Crippen molar-refractivity contribution in [2.45, 2.75) is 464 Å². The van der Waals surface area contributed by atoms with E-state index in [0.29, 0.717) is 25.7 Å². The SMILES string of the molecule is CCCCCCCCCCCCCCCCCCC(=O)O[C@H](COC(=O)CCCCCCCCCCCCC)COP(=O)(O)OC[C@H](O)COP(=O)(O)OC[C@@H](COC(=O)CCCCCCCCCCCCCCCCC(C)CC)OC(=O)CCCCCCCCCCCCCCCCCC(C)C. The number of rotatable bonds is 83. The number of hydrogen-bond acceptors (Lipinski definition) is 15.